The maximum atomic E-state index is 13.0. The molecule has 7 heteroatoms. The summed E-state index contributed by atoms with van der Waals surface area (Å²) >= 11 is 3.05. The topological polar surface area (TPSA) is 75.6 Å². The molecular formula is C27H31NO4S2. The maximum absolute atomic E-state index is 13.0. The van der Waals surface area contributed by atoms with Crippen molar-refractivity contribution in [2.75, 3.05) is 18.8 Å². The molecule has 0 aliphatic carbocycles. The smallest absolute Gasteiger partial charge is 0.348 e. The van der Waals surface area contributed by atoms with Crippen LogP contribution in [0.5, 0.6) is 0 Å². The Hall–Kier alpha value is -2.22. The first kappa shape index (κ1) is 24.9. The van der Waals surface area contributed by atoms with Gasteiger partial charge >= 0.3 is 5.97 Å². The van der Waals surface area contributed by atoms with Crippen LogP contribution in [0.4, 0.5) is 0 Å². The fourth-order valence-corrected chi connectivity index (χ4v) is 6.42. The molecule has 2 aromatic carbocycles. The number of ketones is 1. The molecule has 0 spiro atoms. The first-order valence-electron chi connectivity index (χ1n) is 11.8. The van der Waals surface area contributed by atoms with Gasteiger partial charge in [-0.15, -0.1) is 23.5 Å². The van der Waals surface area contributed by atoms with E-state index in [4.69, 9.17) is 4.74 Å². The highest BCUT2D eigenvalue weighted by Crippen LogP contribution is 2.44. The van der Waals surface area contributed by atoms with Crippen molar-refractivity contribution in [3.63, 3.8) is 0 Å². The number of benzene rings is 2. The van der Waals surface area contributed by atoms with E-state index in [0.717, 1.165) is 42.8 Å². The van der Waals surface area contributed by atoms with Crippen molar-refractivity contribution in [3.05, 3.63) is 82.5 Å². The molecule has 2 aliphatic rings. The van der Waals surface area contributed by atoms with Crippen LogP contribution >= 0.6 is 23.5 Å². The van der Waals surface area contributed by atoms with Gasteiger partial charge in [-0.3, -0.25) is 4.79 Å². The van der Waals surface area contributed by atoms with Crippen molar-refractivity contribution in [1.29, 1.82) is 0 Å². The van der Waals surface area contributed by atoms with E-state index >= 15 is 0 Å². The number of cyclic esters (lactones) is 1. The lowest BCUT2D eigenvalue weighted by Gasteiger charge is -2.37. The normalized spacial score (nSPS) is 22.9. The predicted molar refractivity (Wildman–Crippen MR) is 139 cm³/mol. The number of aliphatic hydroxyl groups excluding tert-OH is 1. The van der Waals surface area contributed by atoms with Gasteiger partial charge in [-0.05, 0) is 30.4 Å². The maximum Gasteiger partial charge on any atom is 0.348 e. The van der Waals surface area contributed by atoms with E-state index < -0.39 is 11.6 Å². The monoisotopic (exact) mass is 497 g/mol. The highest BCUT2D eigenvalue weighted by molar-refractivity contribution is 8.03. The minimum Gasteiger partial charge on any atom is -0.511 e. The van der Waals surface area contributed by atoms with E-state index in [1.807, 2.05) is 60.7 Å². The second-order valence-corrected chi connectivity index (χ2v) is 11.0. The van der Waals surface area contributed by atoms with Gasteiger partial charge in [0.15, 0.2) is 0 Å². The van der Waals surface area contributed by atoms with Crippen molar-refractivity contribution < 1.29 is 19.4 Å². The molecule has 0 bridgehead atoms. The first-order valence-corrected chi connectivity index (χ1v) is 13.8. The Balaban J connectivity index is 1.42. The van der Waals surface area contributed by atoms with Gasteiger partial charge in [0.25, 0.3) is 0 Å². The SMILES string of the molecule is O=C1OC(CCCCC(=O)C2CNCCS2)(c2ccccc2)CC(O)=C1SCc1ccccc1. The fourth-order valence-electron chi connectivity index (χ4n) is 4.43. The Kier molecular flexibility index (Phi) is 8.75. The van der Waals surface area contributed by atoms with E-state index in [1.54, 1.807) is 11.8 Å². The summed E-state index contributed by atoms with van der Waals surface area (Å²) in [6.45, 7) is 1.71. The molecule has 4 rings (SSSR count). The number of nitrogens with one attached hydrogen (secondary N) is 1. The van der Waals surface area contributed by atoms with Crippen LogP contribution in [-0.2, 0) is 25.7 Å². The molecule has 2 atom stereocenters. The van der Waals surface area contributed by atoms with Gasteiger partial charge in [0.05, 0.1) is 11.7 Å². The number of aliphatic hydroxyl groups is 1. The second-order valence-electron chi connectivity index (χ2n) is 8.71. The summed E-state index contributed by atoms with van der Waals surface area (Å²) in [6, 6.07) is 19.5. The van der Waals surface area contributed by atoms with Crippen LogP contribution in [0.1, 0.15) is 43.2 Å². The van der Waals surface area contributed by atoms with Crippen LogP contribution in [0.3, 0.4) is 0 Å². The molecule has 0 saturated carbocycles. The molecule has 2 unspecified atom stereocenters. The van der Waals surface area contributed by atoms with Gasteiger partial charge in [0, 0.05) is 31.0 Å². The Bertz CT molecular complexity index is 1010. The molecule has 0 aromatic heterocycles. The average molecular weight is 498 g/mol. The van der Waals surface area contributed by atoms with Crippen LogP contribution in [0.25, 0.3) is 0 Å². The van der Waals surface area contributed by atoms with Gasteiger partial charge in [-0.25, -0.2) is 4.79 Å². The summed E-state index contributed by atoms with van der Waals surface area (Å²) in [6.07, 6.45) is 2.81. The molecular weight excluding hydrogens is 466 g/mol. The van der Waals surface area contributed by atoms with Gasteiger partial charge in [-0.1, -0.05) is 60.7 Å². The minimum atomic E-state index is -0.913. The molecule has 180 valence electrons. The van der Waals surface area contributed by atoms with E-state index in [-0.39, 0.29) is 28.1 Å². The summed E-state index contributed by atoms with van der Waals surface area (Å²) in [5.41, 5.74) is 1.04. The molecule has 0 radical (unpaired) electrons. The molecule has 0 amide bonds. The summed E-state index contributed by atoms with van der Waals surface area (Å²) < 4.78 is 6.08. The van der Waals surface area contributed by atoms with Crippen LogP contribution in [0.2, 0.25) is 0 Å². The van der Waals surface area contributed by atoms with Gasteiger partial charge in [0.1, 0.15) is 22.0 Å². The van der Waals surface area contributed by atoms with Gasteiger partial charge in [0.2, 0.25) is 0 Å². The third kappa shape index (κ3) is 6.26. The number of carbonyl (C=O) groups excluding carboxylic acids is 2. The van der Waals surface area contributed by atoms with Crippen molar-refractivity contribution in [2.45, 2.75) is 48.7 Å². The Labute approximate surface area is 209 Å². The molecule has 1 saturated heterocycles. The predicted octanol–water partition coefficient (Wildman–Crippen LogP) is 5.37. The van der Waals surface area contributed by atoms with Crippen LogP contribution < -0.4 is 5.32 Å². The number of thioether (sulfide) groups is 2. The van der Waals surface area contributed by atoms with Crippen molar-refractivity contribution in [3.8, 4) is 0 Å². The lowest BCUT2D eigenvalue weighted by atomic mass is 9.83. The summed E-state index contributed by atoms with van der Waals surface area (Å²) in [7, 11) is 0. The number of Topliss-reactive ketones (excluding diaryl/α,β-unsaturated/α-hetero) is 1. The Morgan fingerprint density at radius 2 is 1.85 bits per heavy atom. The number of esters is 1. The van der Waals surface area contributed by atoms with Gasteiger partial charge < -0.3 is 15.2 Å². The first-order chi connectivity index (χ1) is 16.6. The van der Waals surface area contributed by atoms with E-state index in [1.165, 1.54) is 11.8 Å². The van der Waals surface area contributed by atoms with E-state index in [2.05, 4.69) is 5.32 Å². The second kappa shape index (κ2) is 12.0. The molecule has 2 N–H and O–H groups in total. The van der Waals surface area contributed by atoms with Crippen molar-refractivity contribution in [1.82, 2.24) is 5.32 Å². The number of hydrogen-bond acceptors (Lipinski definition) is 7. The van der Waals surface area contributed by atoms with Crippen molar-refractivity contribution >= 4 is 35.3 Å². The summed E-state index contributed by atoms with van der Waals surface area (Å²) in [5.74, 6) is 1.45. The lowest BCUT2D eigenvalue weighted by Crippen LogP contribution is -2.38. The third-order valence-corrected chi connectivity index (χ3v) is 8.70. The number of hydrogen-bond donors (Lipinski definition) is 2. The average Bonchev–Trinajstić information content (AvgIpc) is 2.88. The zero-order chi connectivity index (χ0) is 23.8. The number of carbonyl (C=O) groups is 2. The van der Waals surface area contributed by atoms with Crippen LogP contribution in [0.15, 0.2) is 71.3 Å². The quantitative estimate of drug-likeness (QED) is 0.338. The molecule has 2 heterocycles. The molecule has 2 aliphatic heterocycles. The van der Waals surface area contributed by atoms with Crippen LogP contribution in [0, 0.1) is 0 Å². The standard InChI is InChI=1S/C27H31NO4S2/c29-22(24-18-28-15-16-33-24)13-7-8-14-27(21-11-5-2-6-12-21)17-23(30)25(26(31)32-27)34-19-20-9-3-1-4-10-20/h1-6,9-12,24,28,30H,7-8,13-19H2. The largest absolute Gasteiger partial charge is 0.511 e. The molecule has 5 nitrogen and oxygen atoms in total. The molecule has 1 fully saturated rings. The highest BCUT2D eigenvalue weighted by atomic mass is 32.2. The molecule has 34 heavy (non-hydrogen) atoms. The van der Waals surface area contributed by atoms with E-state index in [0.29, 0.717) is 18.6 Å². The zero-order valence-electron chi connectivity index (χ0n) is 19.2. The molecule has 2 aromatic rings. The highest BCUT2D eigenvalue weighted by Gasteiger charge is 2.43. The third-order valence-electron chi connectivity index (χ3n) is 6.25. The fraction of sp³-hybridized carbons (Fsp3) is 0.407. The van der Waals surface area contributed by atoms with E-state index in [9.17, 15) is 14.7 Å². The number of rotatable bonds is 10. The Morgan fingerprint density at radius 1 is 1.12 bits per heavy atom. The number of unbranched alkanes of at least 4 members (excludes halogenated alkanes) is 1. The van der Waals surface area contributed by atoms with Gasteiger partial charge in [-0.2, -0.15) is 0 Å². The lowest BCUT2D eigenvalue weighted by molar-refractivity contribution is -0.160. The van der Waals surface area contributed by atoms with Crippen LogP contribution in [-0.4, -0.2) is 41.0 Å². The van der Waals surface area contributed by atoms with Crippen molar-refractivity contribution in [2.24, 2.45) is 0 Å². The zero-order valence-corrected chi connectivity index (χ0v) is 20.8. The Morgan fingerprint density at radius 3 is 2.53 bits per heavy atom. The summed E-state index contributed by atoms with van der Waals surface area (Å²) in [4.78, 5) is 25.9. The number of ether oxygens (including phenoxy) is 1. The minimum absolute atomic E-state index is 0.0421. The summed E-state index contributed by atoms with van der Waals surface area (Å²) in [5, 5.41) is 14.3.